The smallest absolute Gasteiger partial charge is 0.344 e. The van der Waals surface area contributed by atoms with E-state index in [1.807, 2.05) is 0 Å². The number of esters is 1. The lowest BCUT2D eigenvalue weighted by Crippen LogP contribution is -2.45. The summed E-state index contributed by atoms with van der Waals surface area (Å²) in [5.41, 5.74) is 0.537. The number of rotatable bonds is 8. The van der Waals surface area contributed by atoms with Gasteiger partial charge in [-0.15, -0.1) is 0 Å². The van der Waals surface area contributed by atoms with Crippen LogP contribution in [0.25, 0.3) is 0 Å². The van der Waals surface area contributed by atoms with Gasteiger partial charge in [0.25, 0.3) is 5.91 Å². The minimum atomic E-state index is -3.10. The summed E-state index contributed by atoms with van der Waals surface area (Å²) in [5.74, 6) is -0.668. The van der Waals surface area contributed by atoms with Crippen LogP contribution in [-0.4, -0.2) is 67.8 Å². The molecule has 1 saturated heterocycles. The fourth-order valence-electron chi connectivity index (χ4n) is 3.24. The highest BCUT2D eigenvalue weighted by molar-refractivity contribution is 7.91. The van der Waals surface area contributed by atoms with E-state index in [2.05, 4.69) is 0 Å². The van der Waals surface area contributed by atoms with Gasteiger partial charge in [0.2, 0.25) is 0 Å². The number of ether oxygens (including phenoxy) is 2. The van der Waals surface area contributed by atoms with E-state index in [-0.39, 0.29) is 41.9 Å². The van der Waals surface area contributed by atoms with E-state index in [0.717, 1.165) is 12.8 Å². The zero-order valence-electron chi connectivity index (χ0n) is 15.6. The second-order valence-corrected chi connectivity index (χ2v) is 9.35. The zero-order chi connectivity index (χ0) is 20.3. The molecule has 1 saturated carbocycles. The predicted molar refractivity (Wildman–Crippen MR) is 99.8 cm³/mol. The lowest BCUT2D eigenvalue weighted by atomic mass is 10.1. The van der Waals surface area contributed by atoms with Crippen LogP contribution < -0.4 is 4.74 Å². The number of nitrogens with zero attached hydrogens (tertiary/aromatic N) is 1. The molecule has 28 heavy (non-hydrogen) atoms. The van der Waals surface area contributed by atoms with Crippen LogP contribution in [0.4, 0.5) is 0 Å². The first-order chi connectivity index (χ1) is 13.2. The molecule has 0 radical (unpaired) electrons. The van der Waals surface area contributed by atoms with Crippen molar-refractivity contribution in [1.29, 1.82) is 0 Å². The third-order valence-corrected chi connectivity index (χ3v) is 6.55. The summed E-state index contributed by atoms with van der Waals surface area (Å²) in [6.07, 6.45) is 2.11. The Balaban J connectivity index is 1.46. The van der Waals surface area contributed by atoms with Crippen LogP contribution in [0.15, 0.2) is 24.3 Å². The van der Waals surface area contributed by atoms with Gasteiger partial charge >= 0.3 is 5.97 Å². The van der Waals surface area contributed by atoms with Crippen LogP contribution >= 0.6 is 0 Å². The third kappa shape index (κ3) is 5.31. The Morgan fingerprint density at radius 1 is 1.04 bits per heavy atom. The van der Waals surface area contributed by atoms with E-state index < -0.39 is 22.4 Å². The summed E-state index contributed by atoms with van der Waals surface area (Å²) >= 11 is 0. The molecule has 0 N–H and O–H groups in total. The van der Waals surface area contributed by atoms with E-state index >= 15 is 0 Å². The van der Waals surface area contributed by atoms with Crippen molar-refractivity contribution in [2.75, 3.05) is 24.7 Å². The first-order valence-corrected chi connectivity index (χ1v) is 11.0. The number of carbonyl (C=O) groups excluding carboxylic acids is 3. The number of ketones is 1. The second kappa shape index (κ2) is 8.30. The molecular weight excluding hydrogens is 386 g/mol. The number of amides is 1. The van der Waals surface area contributed by atoms with E-state index in [0.29, 0.717) is 17.7 Å². The summed E-state index contributed by atoms with van der Waals surface area (Å²) < 4.78 is 33.7. The van der Waals surface area contributed by atoms with Crippen molar-refractivity contribution in [3.63, 3.8) is 0 Å². The molecule has 0 bridgehead atoms. The maximum atomic E-state index is 12.5. The molecule has 1 atom stereocenters. The molecule has 2 aliphatic rings. The molecule has 0 spiro atoms. The summed E-state index contributed by atoms with van der Waals surface area (Å²) in [4.78, 5) is 37.2. The Kier molecular flexibility index (Phi) is 6.02. The minimum absolute atomic E-state index is 0.0252. The summed E-state index contributed by atoms with van der Waals surface area (Å²) in [5, 5.41) is 0. The fraction of sp³-hybridized carbons (Fsp3) is 0.526. The van der Waals surface area contributed by atoms with Crippen LogP contribution in [0.3, 0.4) is 0 Å². The molecule has 1 aliphatic carbocycles. The molecule has 152 valence electrons. The molecule has 1 aliphatic heterocycles. The van der Waals surface area contributed by atoms with Crippen LogP contribution in [-0.2, 0) is 24.2 Å². The van der Waals surface area contributed by atoms with Crippen molar-refractivity contribution < 1.29 is 32.3 Å². The SMILES string of the molecule is CC(=O)c1ccc(OCC(=O)OCC(=O)N(C2CC2)[C@H]2CCS(=O)(=O)C2)cc1. The average molecular weight is 409 g/mol. The molecule has 0 unspecified atom stereocenters. The van der Waals surface area contributed by atoms with Crippen molar-refractivity contribution in [2.24, 2.45) is 0 Å². The largest absolute Gasteiger partial charge is 0.482 e. The highest BCUT2D eigenvalue weighted by Crippen LogP contribution is 2.32. The molecule has 1 heterocycles. The number of benzene rings is 1. The van der Waals surface area contributed by atoms with Gasteiger partial charge in [-0.3, -0.25) is 9.59 Å². The van der Waals surface area contributed by atoms with Crippen molar-refractivity contribution in [3.05, 3.63) is 29.8 Å². The van der Waals surface area contributed by atoms with Gasteiger partial charge in [0.1, 0.15) is 5.75 Å². The van der Waals surface area contributed by atoms with Gasteiger partial charge in [-0.2, -0.15) is 0 Å². The van der Waals surface area contributed by atoms with Gasteiger partial charge in [-0.1, -0.05) is 0 Å². The topological polar surface area (TPSA) is 107 Å². The fourth-order valence-corrected chi connectivity index (χ4v) is 4.95. The first kappa shape index (κ1) is 20.3. The number of sulfone groups is 1. The summed E-state index contributed by atoms with van der Waals surface area (Å²) in [6, 6.07) is 6.04. The van der Waals surface area contributed by atoms with Gasteiger partial charge in [0, 0.05) is 17.6 Å². The number of hydrogen-bond donors (Lipinski definition) is 0. The van der Waals surface area contributed by atoms with Gasteiger partial charge in [0.15, 0.2) is 28.8 Å². The van der Waals surface area contributed by atoms with Gasteiger partial charge in [-0.25, -0.2) is 13.2 Å². The predicted octanol–water partition coefficient (Wildman–Crippen LogP) is 0.989. The second-order valence-electron chi connectivity index (χ2n) is 7.12. The van der Waals surface area contributed by atoms with E-state index in [1.165, 1.54) is 6.92 Å². The van der Waals surface area contributed by atoms with Crippen LogP contribution in [0.2, 0.25) is 0 Å². The maximum absolute atomic E-state index is 12.5. The van der Waals surface area contributed by atoms with E-state index in [1.54, 1.807) is 29.2 Å². The molecule has 8 nitrogen and oxygen atoms in total. The Hall–Kier alpha value is -2.42. The maximum Gasteiger partial charge on any atom is 0.344 e. The molecule has 3 rings (SSSR count). The van der Waals surface area contributed by atoms with Crippen molar-refractivity contribution >= 4 is 27.5 Å². The Bertz CT molecular complexity index is 859. The number of hydrogen-bond acceptors (Lipinski definition) is 7. The molecule has 1 aromatic carbocycles. The summed E-state index contributed by atoms with van der Waals surface area (Å²) in [6.45, 7) is 0.655. The van der Waals surface area contributed by atoms with Gasteiger partial charge < -0.3 is 14.4 Å². The van der Waals surface area contributed by atoms with Crippen molar-refractivity contribution in [2.45, 2.75) is 38.3 Å². The normalized spacial score (nSPS) is 20.4. The quantitative estimate of drug-likeness (QED) is 0.465. The number of carbonyl (C=O) groups is 3. The Morgan fingerprint density at radius 2 is 1.71 bits per heavy atom. The Labute approximate surface area is 163 Å². The van der Waals surface area contributed by atoms with Crippen molar-refractivity contribution in [1.82, 2.24) is 4.90 Å². The van der Waals surface area contributed by atoms with Crippen LogP contribution in [0.1, 0.15) is 36.5 Å². The summed E-state index contributed by atoms with van der Waals surface area (Å²) in [7, 11) is -3.10. The number of Topliss-reactive ketones (excluding diaryl/α,β-unsaturated/α-hetero) is 1. The van der Waals surface area contributed by atoms with Gasteiger partial charge in [-0.05, 0) is 50.5 Å². The van der Waals surface area contributed by atoms with Crippen LogP contribution in [0, 0.1) is 0 Å². The molecule has 0 aromatic heterocycles. The monoisotopic (exact) mass is 409 g/mol. The van der Waals surface area contributed by atoms with Crippen molar-refractivity contribution in [3.8, 4) is 5.75 Å². The zero-order valence-corrected chi connectivity index (χ0v) is 16.4. The molecule has 2 fully saturated rings. The lowest BCUT2D eigenvalue weighted by molar-refractivity contribution is -0.154. The standard InChI is InChI=1S/C19H23NO7S/c1-13(21)14-2-6-17(7-3-14)26-11-19(23)27-10-18(22)20(15-4-5-15)16-8-9-28(24,25)12-16/h2-3,6-7,15-16H,4-5,8-12H2,1H3/t16-/m0/s1. The van der Waals surface area contributed by atoms with Crippen LogP contribution in [0.5, 0.6) is 5.75 Å². The third-order valence-electron chi connectivity index (χ3n) is 4.80. The Morgan fingerprint density at radius 3 is 2.25 bits per heavy atom. The van der Waals surface area contributed by atoms with E-state index in [9.17, 15) is 22.8 Å². The molecule has 1 aromatic rings. The molecular formula is C19H23NO7S. The van der Waals surface area contributed by atoms with E-state index in [4.69, 9.17) is 9.47 Å². The highest BCUT2D eigenvalue weighted by atomic mass is 32.2. The molecule has 9 heteroatoms. The lowest BCUT2D eigenvalue weighted by Gasteiger charge is -2.28. The van der Waals surface area contributed by atoms with Gasteiger partial charge in [0.05, 0.1) is 11.5 Å². The average Bonchev–Trinajstić information content (AvgIpc) is 3.41. The highest BCUT2D eigenvalue weighted by Gasteiger charge is 2.42. The minimum Gasteiger partial charge on any atom is -0.482 e. The first-order valence-electron chi connectivity index (χ1n) is 9.16. The molecule has 1 amide bonds.